The number of halogens is 3. The first-order valence-corrected chi connectivity index (χ1v) is 6.67. The highest BCUT2D eigenvalue weighted by atomic mass is 35.5. The van der Waals surface area contributed by atoms with Crippen molar-refractivity contribution < 1.29 is 13.6 Å². The molecule has 0 aromatic heterocycles. The predicted molar refractivity (Wildman–Crippen MR) is 82.7 cm³/mol. The highest BCUT2D eigenvalue weighted by Gasteiger charge is 2.27. The highest BCUT2D eigenvalue weighted by Crippen LogP contribution is 2.18. The van der Waals surface area contributed by atoms with Crippen LogP contribution in [0.5, 0.6) is 0 Å². The van der Waals surface area contributed by atoms with Crippen LogP contribution >= 0.6 is 12.4 Å². The molecule has 120 valence electrons. The van der Waals surface area contributed by atoms with Gasteiger partial charge in [-0.3, -0.25) is 4.79 Å². The molecule has 1 aromatic rings. The van der Waals surface area contributed by atoms with E-state index in [4.69, 9.17) is 5.73 Å². The first-order chi connectivity index (χ1) is 9.18. The zero-order valence-corrected chi connectivity index (χ0v) is 13.6. The molecule has 1 unspecified atom stereocenters. The van der Waals surface area contributed by atoms with Crippen molar-refractivity contribution in [1.82, 2.24) is 5.32 Å². The highest BCUT2D eigenvalue weighted by molar-refractivity contribution is 5.95. The lowest BCUT2D eigenvalue weighted by atomic mass is 9.90. The predicted octanol–water partition coefficient (Wildman–Crippen LogP) is 3.19. The Bertz CT molecular complexity index is 509. The van der Waals surface area contributed by atoms with Crippen molar-refractivity contribution in [3.63, 3.8) is 0 Å². The molecule has 0 spiro atoms. The third kappa shape index (κ3) is 5.25. The van der Waals surface area contributed by atoms with Crippen LogP contribution in [-0.2, 0) is 0 Å². The summed E-state index contributed by atoms with van der Waals surface area (Å²) in [6.07, 6.45) is 0.678. The third-order valence-corrected chi connectivity index (χ3v) is 3.22. The lowest BCUT2D eigenvalue weighted by molar-refractivity contribution is 0.0894. The van der Waals surface area contributed by atoms with Gasteiger partial charge in [-0.15, -0.1) is 12.4 Å². The molecular weight excluding hydrogens is 298 g/mol. The van der Waals surface area contributed by atoms with Crippen LogP contribution in [0.2, 0.25) is 0 Å². The lowest BCUT2D eigenvalue weighted by Crippen LogP contribution is -2.52. The van der Waals surface area contributed by atoms with Gasteiger partial charge in [0.25, 0.3) is 5.91 Å². The number of benzene rings is 1. The molecule has 1 aromatic carbocycles. The molecule has 0 heterocycles. The summed E-state index contributed by atoms with van der Waals surface area (Å²) in [4.78, 5) is 12.2. The summed E-state index contributed by atoms with van der Waals surface area (Å²) in [5, 5.41) is 2.75. The van der Waals surface area contributed by atoms with Crippen LogP contribution in [-0.4, -0.2) is 18.0 Å². The van der Waals surface area contributed by atoms with Gasteiger partial charge in [-0.05, 0) is 37.8 Å². The van der Waals surface area contributed by atoms with E-state index in [1.54, 1.807) is 0 Å². The van der Waals surface area contributed by atoms with Crippen LogP contribution in [0.4, 0.5) is 8.78 Å². The van der Waals surface area contributed by atoms with Crippen molar-refractivity contribution in [1.29, 1.82) is 0 Å². The standard InChI is InChI=1S/C15H22F2N2O.ClH/c1-9(2)7-15(4,8-18)19-14(20)11-5-10(3)12(16)6-13(11)17;/h5-6,9H,7-8,18H2,1-4H3,(H,19,20);1H. The maximum Gasteiger partial charge on any atom is 0.254 e. The second-order valence-electron chi connectivity index (χ2n) is 5.90. The summed E-state index contributed by atoms with van der Waals surface area (Å²) < 4.78 is 26.9. The van der Waals surface area contributed by atoms with Crippen molar-refractivity contribution in [2.24, 2.45) is 11.7 Å². The van der Waals surface area contributed by atoms with Gasteiger partial charge in [-0.25, -0.2) is 8.78 Å². The maximum atomic E-state index is 13.7. The van der Waals surface area contributed by atoms with Crippen molar-refractivity contribution in [3.05, 3.63) is 34.9 Å². The minimum atomic E-state index is -0.866. The Labute approximate surface area is 130 Å². The van der Waals surface area contributed by atoms with E-state index in [0.29, 0.717) is 12.3 Å². The summed E-state index contributed by atoms with van der Waals surface area (Å²) >= 11 is 0. The third-order valence-electron chi connectivity index (χ3n) is 3.22. The summed E-state index contributed by atoms with van der Waals surface area (Å²) in [7, 11) is 0. The van der Waals surface area contributed by atoms with E-state index in [-0.39, 0.29) is 30.1 Å². The first-order valence-electron chi connectivity index (χ1n) is 6.67. The van der Waals surface area contributed by atoms with E-state index in [1.165, 1.54) is 13.0 Å². The van der Waals surface area contributed by atoms with Crippen molar-refractivity contribution in [2.45, 2.75) is 39.7 Å². The number of hydrogen-bond donors (Lipinski definition) is 2. The number of nitrogens with two attached hydrogens (primary N) is 1. The first kappa shape index (κ1) is 19.8. The number of amides is 1. The number of aryl methyl sites for hydroxylation is 1. The van der Waals surface area contributed by atoms with Gasteiger partial charge in [0.15, 0.2) is 0 Å². The normalized spacial score (nSPS) is 13.5. The van der Waals surface area contributed by atoms with Gasteiger partial charge in [-0.1, -0.05) is 13.8 Å². The van der Waals surface area contributed by atoms with Crippen LogP contribution in [0.3, 0.4) is 0 Å². The van der Waals surface area contributed by atoms with E-state index < -0.39 is 23.1 Å². The molecule has 21 heavy (non-hydrogen) atoms. The molecule has 1 amide bonds. The van der Waals surface area contributed by atoms with E-state index >= 15 is 0 Å². The molecule has 3 N–H and O–H groups in total. The number of carbonyl (C=O) groups excluding carboxylic acids is 1. The molecule has 6 heteroatoms. The molecule has 0 aliphatic heterocycles. The zero-order valence-electron chi connectivity index (χ0n) is 12.8. The van der Waals surface area contributed by atoms with Gasteiger partial charge in [0.2, 0.25) is 0 Å². The van der Waals surface area contributed by atoms with Crippen LogP contribution < -0.4 is 11.1 Å². The monoisotopic (exact) mass is 320 g/mol. The molecule has 0 bridgehead atoms. The van der Waals surface area contributed by atoms with Crippen molar-refractivity contribution >= 4 is 18.3 Å². The largest absolute Gasteiger partial charge is 0.346 e. The fourth-order valence-corrected chi connectivity index (χ4v) is 2.26. The average Bonchev–Trinajstić information content (AvgIpc) is 2.32. The summed E-state index contributed by atoms with van der Waals surface area (Å²) in [5.41, 5.74) is 5.17. The van der Waals surface area contributed by atoms with Crippen molar-refractivity contribution in [2.75, 3.05) is 6.54 Å². The van der Waals surface area contributed by atoms with Crippen LogP contribution in [0.15, 0.2) is 12.1 Å². The second-order valence-corrected chi connectivity index (χ2v) is 5.90. The van der Waals surface area contributed by atoms with Crippen LogP contribution in [0, 0.1) is 24.5 Å². The molecule has 0 radical (unpaired) electrons. The number of rotatable bonds is 5. The fourth-order valence-electron chi connectivity index (χ4n) is 2.26. The van der Waals surface area contributed by atoms with E-state index in [2.05, 4.69) is 5.32 Å². The van der Waals surface area contributed by atoms with Gasteiger partial charge in [0, 0.05) is 18.2 Å². The average molecular weight is 321 g/mol. The Morgan fingerprint density at radius 1 is 1.33 bits per heavy atom. The van der Waals surface area contributed by atoms with Gasteiger partial charge in [0.1, 0.15) is 11.6 Å². The van der Waals surface area contributed by atoms with Crippen LogP contribution in [0.25, 0.3) is 0 Å². The Morgan fingerprint density at radius 3 is 2.38 bits per heavy atom. The zero-order chi connectivity index (χ0) is 15.5. The summed E-state index contributed by atoms with van der Waals surface area (Å²) in [6.45, 7) is 7.59. The van der Waals surface area contributed by atoms with E-state index in [0.717, 1.165) is 6.07 Å². The lowest BCUT2D eigenvalue weighted by Gasteiger charge is -2.31. The smallest absolute Gasteiger partial charge is 0.254 e. The molecule has 0 aliphatic carbocycles. The van der Waals surface area contributed by atoms with Crippen molar-refractivity contribution in [3.8, 4) is 0 Å². The molecule has 0 saturated carbocycles. The maximum absolute atomic E-state index is 13.7. The Morgan fingerprint density at radius 2 is 1.90 bits per heavy atom. The summed E-state index contributed by atoms with van der Waals surface area (Å²) in [5.74, 6) is -1.76. The molecule has 1 rings (SSSR count). The minimum absolute atomic E-state index is 0. The topological polar surface area (TPSA) is 55.1 Å². The molecular formula is C15H23ClF2N2O. The molecule has 0 saturated heterocycles. The second kappa shape index (κ2) is 7.71. The van der Waals surface area contributed by atoms with Gasteiger partial charge >= 0.3 is 0 Å². The fraction of sp³-hybridized carbons (Fsp3) is 0.533. The Balaban J connectivity index is 0.00000400. The van der Waals surface area contributed by atoms with E-state index in [9.17, 15) is 13.6 Å². The number of nitrogens with one attached hydrogen (secondary N) is 1. The Kier molecular flexibility index (Phi) is 7.27. The molecule has 0 aliphatic rings. The SMILES string of the molecule is Cc1cc(C(=O)NC(C)(CN)CC(C)C)c(F)cc1F.Cl. The van der Waals surface area contributed by atoms with Crippen LogP contribution in [0.1, 0.15) is 43.1 Å². The number of carbonyl (C=O) groups is 1. The van der Waals surface area contributed by atoms with Gasteiger partial charge in [0.05, 0.1) is 5.56 Å². The minimum Gasteiger partial charge on any atom is -0.346 e. The molecule has 0 fully saturated rings. The quantitative estimate of drug-likeness (QED) is 0.875. The molecule has 1 atom stereocenters. The molecule has 3 nitrogen and oxygen atoms in total. The summed E-state index contributed by atoms with van der Waals surface area (Å²) in [6, 6.07) is 1.94. The van der Waals surface area contributed by atoms with Gasteiger partial charge in [-0.2, -0.15) is 0 Å². The number of hydrogen-bond acceptors (Lipinski definition) is 2. The van der Waals surface area contributed by atoms with Gasteiger partial charge < -0.3 is 11.1 Å². The van der Waals surface area contributed by atoms with E-state index in [1.807, 2.05) is 20.8 Å². The Hall–Kier alpha value is -1.20.